The Labute approximate surface area is 148 Å². The molecule has 7 heteroatoms. The number of urea groups is 1. The Kier molecular flexibility index (Phi) is 6.53. The summed E-state index contributed by atoms with van der Waals surface area (Å²) in [5, 5.41) is 5.35. The van der Waals surface area contributed by atoms with Crippen molar-refractivity contribution in [3.8, 4) is 0 Å². The van der Waals surface area contributed by atoms with Gasteiger partial charge < -0.3 is 15.4 Å². The summed E-state index contributed by atoms with van der Waals surface area (Å²) >= 11 is 5.08. The molecular formula is C16H19BrN2O3S. The normalized spacial score (nSPS) is 20.6. The van der Waals surface area contributed by atoms with Crippen LogP contribution in [0.5, 0.6) is 0 Å². The molecule has 23 heavy (non-hydrogen) atoms. The Hall–Kier alpha value is -1.47. The molecule has 1 fully saturated rings. The summed E-state index contributed by atoms with van der Waals surface area (Å²) in [6, 6.07) is 6.60. The molecule has 0 unspecified atom stereocenters. The van der Waals surface area contributed by atoms with Crippen LogP contribution in [0.1, 0.15) is 18.5 Å². The fourth-order valence-electron chi connectivity index (χ4n) is 2.34. The van der Waals surface area contributed by atoms with Crippen molar-refractivity contribution in [3.63, 3.8) is 0 Å². The van der Waals surface area contributed by atoms with Gasteiger partial charge in [-0.25, -0.2) is 4.79 Å². The van der Waals surface area contributed by atoms with Crippen molar-refractivity contribution in [1.29, 1.82) is 0 Å². The van der Waals surface area contributed by atoms with Crippen LogP contribution in [0.4, 0.5) is 4.79 Å². The minimum atomic E-state index is -0.652. The lowest BCUT2D eigenvalue weighted by molar-refractivity contribution is -0.147. The first-order valence-corrected chi connectivity index (χ1v) is 9.24. The number of nitrogens with one attached hydrogen (secondary N) is 2. The van der Waals surface area contributed by atoms with Gasteiger partial charge >= 0.3 is 12.0 Å². The highest BCUT2D eigenvalue weighted by Gasteiger charge is 2.38. The van der Waals surface area contributed by atoms with Gasteiger partial charge in [0.1, 0.15) is 12.5 Å². The summed E-state index contributed by atoms with van der Waals surface area (Å²) in [6.45, 7) is 6.22. The van der Waals surface area contributed by atoms with E-state index in [9.17, 15) is 9.59 Å². The van der Waals surface area contributed by atoms with E-state index in [4.69, 9.17) is 4.74 Å². The molecule has 0 aromatic heterocycles. The van der Waals surface area contributed by atoms with Crippen molar-refractivity contribution >= 4 is 39.7 Å². The van der Waals surface area contributed by atoms with Crippen molar-refractivity contribution in [3.05, 3.63) is 46.6 Å². The Morgan fingerprint density at radius 2 is 2.09 bits per heavy atom. The molecule has 0 bridgehead atoms. The van der Waals surface area contributed by atoms with Gasteiger partial charge in [0.05, 0.1) is 6.04 Å². The second kappa shape index (κ2) is 8.40. The maximum Gasteiger partial charge on any atom is 0.319 e. The molecule has 2 rings (SSSR count). The number of rotatable bonds is 6. The van der Waals surface area contributed by atoms with Gasteiger partial charge in [0.25, 0.3) is 0 Å². The van der Waals surface area contributed by atoms with E-state index in [0.717, 1.165) is 21.5 Å². The average Bonchev–Trinajstić information content (AvgIpc) is 2.51. The molecule has 1 heterocycles. The Morgan fingerprint density at radius 3 is 2.74 bits per heavy atom. The van der Waals surface area contributed by atoms with Crippen molar-refractivity contribution in [2.24, 2.45) is 5.92 Å². The summed E-state index contributed by atoms with van der Waals surface area (Å²) < 4.78 is 6.27. The van der Waals surface area contributed by atoms with Crippen molar-refractivity contribution in [1.82, 2.24) is 10.6 Å². The van der Waals surface area contributed by atoms with Crippen LogP contribution in [-0.2, 0) is 9.53 Å². The van der Waals surface area contributed by atoms with Crippen LogP contribution in [0.2, 0.25) is 0 Å². The van der Waals surface area contributed by atoms with Gasteiger partial charge in [-0.15, -0.1) is 0 Å². The van der Waals surface area contributed by atoms with Gasteiger partial charge in [-0.1, -0.05) is 41.6 Å². The highest BCUT2D eigenvalue weighted by atomic mass is 79.9. The monoisotopic (exact) mass is 398 g/mol. The smallest absolute Gasteiger partial charge is 0.319 e. The zero-order valence-corrected chi connectivity index (χ0v) is 15.2. The Bertz CT molecular complexity index is 591. The third-order valence-corrected chi connectivity index (χ3v) is 4.82. The number of carbonyl (C=O) groups is 2. The van der Waals surface area contributed by atoms with Crippen LogP contribution in [0.25, 0.3) is 0 Å². The zero-order chi connectivity index (χ0) is 16.8. The first-order valence-electron chi connectivity index (χ1n) is 7.29. The summed E-state index contributed by atoms with van der Waals surface area (Å²) in [4.78, 5) is 24.2. The lowest BCUT2D eigenvalue weighted by Crippen LogP contribution is -2.51. The number of hydrogen-bond acceptors (Lipinski definition) is 4. The number of halogens is 1. The number of carbonyl (C=O) groups excluding carboxylic acids is 2. The van der Waals surface area contributed by atoms with E-state index >= 15 is 0 Å². The highest BCUT2D eigenvalue weighted by molar-refractivity contribution is 9.10. The van der Waals surface area contributed by atoms with Crippen molar-refractivity contribution in [2.75, 3.05) is 18.1 Å². The summed E-state index contributed by atoms with van der Waals surface area (Å²) in [5.74, 6) is 0.699. The lowest BCUT2D eigenvalue weighted by atomic mass is 9.89. The molecule has 0 saturated carbocycles. The number of ether oxygens (including phenoxy) is 1. The van der Waals surface area contributed by atoms with Crippen LogP contribution in [0.15, 0.2) is 41.0 Å². The van der Waals surface area contributed by atoms with Crippen LogP contribution >= 0.6 is 27.7 Å². The van der Waals surface area contributed by atoms with Gasteiger partial charge in [0, 0.05) is 15.9 Å². The topological polar surface area (TPSA) is 67.4 Å². The minimum Gasteiger partial charge on any atom is -0.464 e. The molecule has 1 saturated heterocycles. The number of hydrogen-bond donors (Lipinski definition) is 2. The minimum absolute atomic E-state index is 0.349. The van der Waals surface area contributed by atoms with E-state index in [1.54, 1.807) is 11.8 Å². The number of esters is 1. The van der Waals surface area contributed by atoms with Crippen LogP contribution < -0.4 is 10.6 Å². The first-order chi connectivity index (χ1) is 11.0. The summed E-state index contributed by atoms with van der Waals surface area (Å²) in [7, 11) is 0. The highest BCUT2D eigenvalue weighted by Crippen LogP contribution is 2.31. The van der Waals surface area contributed by atoms with Gasteiger partial charge in [-0.05, 0) is 23.4 Å². The van der Waals surface area contributed by atoms with E-state index < -0.39 is 12.0 Å². The second-order valence-corrected chi connectivity index (χ2v) is 7.30. The van der Waals surface area contributed by atoms with Gasteiger partial charge in [-0.3, -0.25) is 4.79 Å². The lowest BCUT2D eigenvalue weighted by Gasteiger charge is -2.33. The number of benzene rings is 1. The van der Waals surface area contributed by atoms with Crippen LogP contribution in [-0.4, -0.2) is 30.1 Å². The van der Waals surface area contributed by atoms with Crippen LogP contribution in [0, 0.1) is 5.92 Å². The van der Waals surface area contributed by atoms with Gasteiger partial charge in [-0.2, -0.15) is 11.8 Å². The Balaban J connectivity index is 2.14. The van der Waals surface area contributed by atoms with E-state index in [1.165, 1.54) is 0 Å². The predicted molar refractivity (Wildman–Crippen MR) is 95.1 cm³/mol. The quantitative estimate of drug-likeness (QED) is 0.570. The third-order valence-electron chi connectivity index (χ3n) is 3.43. The molecule has 1 aliphatic rings. The number of thioether (sulfide) groups is 1. The van der Waals surface area contributed by atoms with Gasteiger partial charge in [0.2, 0.25) is 0 Å². The first kappa shape index (κ1) is 17.9. The molecule has 2 N–H and O–H groups in total. The zero-order valence-electron chi connectivity index (χ0n) is 12.8. The molecule has 5 nitrogen and oxygen atoms in total. The van der Waals surface area contributed by atoms with Crippen LogP contribution in [0.3, 0.4) is 0 Å². The van der Waals surface area contributed by atoms with Crippen molar-refractivity contribution < 1.29 is 14.3 Å². The SMILES string of the molecule is C=C1NC(=O)N[C@@H](c2ccc(Br)cc2)[C@@H]1C(=O)OCCSCC. The fraction of sp³-hybridized carbons (Fsp3) is 0.375. The molecule has 0 radical (unpaired) electrons. The van der Waals surface area contributed by atoms with Gasteiger partial charge in [0.15, 0.2) is 0 Å². The standard InChI is InChI=1S/C16H19BrN2O3S/c1-3-23-9-8-22-15(20)13-10(2)18-16(21)19-14(13)11-4-6-12(17)7-5-11/h4-7,13-14H,2-3,8-9H2,1H3,(H2,18,19,21)/t13-,14+/m1/s1. The van der Waals surface area contributed by atoms with E-state index in [1.807, 2.05) is 24.3 Å². The molecule has 0 aliphatic carbocycles. The Morgan fingerprint density at radius 1 is 1.39 bits per heavy atom. The summed E-state index contributed by atoms with van der Waals surface area (Å²) in [5.41, 5.74) is 1.18. The maximum atomic E-state index is 12.4. The third kappa shape index (κ3) is 4.75. The fourth-order valence-corrected chi connectivity index (χ4v) is 3.10. The van der Waals surface area contributed by atoms with E-state index in [2.05, 4.69) is 40.1 Å². The molecule has 1 aromatic rings. The molecular weight excluding hydrogens is 380 g/mol. The second-order valence-electron chi connectivity index (χ2n) is 5.00. The molecule has 0 spiro atoms. The largest absolute Gasteiger partial charge is 0.464 e. The van der Waals surface area contributed by atoms with Crippen molar-refractivity contribution in [2.45, 2.75) is 13.0 Å². The molecule has 2 amide bonds. The average molecular weight is 399 g/mol. The molecule has 2 atom stereocenters. The molecule has 124 valence electrons. The predicted octanol–water partition coefficient (Wildman–Crippen LogP) is 3.23. The molecule has 1 aliphatic heterocycles. The van der Waals surface area contributed by atoms with E-state index in [-0.39, 0.29) is 12.0 Å². The summed E-state index contributed by atoms with van der Waals surface area (Å²) in [6.07, 6.45) is 0. The molecule has 1 aromatic carbocycles. The van der Waals surface area contributed by atoms with E-state index in [0.29, 0.717) is 12.3 Å². The number of amides is 2. The maximum absolute atomic E-state index is 12.4.